The molecule has 2 aliphatic heterocycles. The Hall–Kier alpha value is -2.43. The highest BCUT2D eigenvalue weighted by molar-refractivity contribution is 8.23. The van der Waals surface area contributed by atoms with Crippen molar-refractivity contribution in [2.75, 3.05) is 24.2 Å². The highest BCUT2D eigenvalue weighted by Gasteiger charge is 2.35. The predicted molar refractivity (Wildman–Crippen MR) is 125 cm³/mol. The number of nitrogens with one attached hydrogen (secondary N) is 1. The second-order valence-electron chi connectivity index (χ2n) is 7.63. The van der Waals surface area contributed by atoms with E-state index in [1.165, 1.54) is 30.0 Å². The number of hydrogen-bond donors (Lipinski definition) is 1. The Labute approximate surface area is 192 Å². The first-order chi connectivity index (χ1) is 14.8. The molecule has 0 saturated carbocycles. The van der Waals surface area contributed by atoms with Crippen molar-refractivity contribution in [1.29, 1.82) is 0 Å². The number of carbonyl (C=O) groups is 1. The number of nitro groups is 1. The number of thiocarbonyl (C=S) groups is 1. The van der Waals surface area contributed by atoms with Gasteiger partial charge in [-0.1, -0.05) is 41.6 Å². The second-order valence-corrected chi connectivity index (χ2v) is 9.64. The number of thioether (sulfide) groups is 1. The molecule has 11 heteroatoms. The van der Waals surface area contributed by atoms with E-state index in [4.69, 9.17) is 23.8 Å². The number of rotatable bonds is 4. The Morgan fingerprint density at radius 2 is 2.10 bits per heavy atom. The highest BCUT2D eigenvalue weighted by atomic mass is 35.5. The van der Waals surface area contributed by atoms with Crippen LogP contribution in [-0.4, -0.2) is 43.5 Å². The molecule has 162 valence electrons. The summed E-state index contributed by atoms with van der Waals surface area (Å²) >= 11 is 12.8. The maximum absolute atomic E-state index is 12.4. The molecule has 0 radical (unpaired) electrons. The number of piperidine rings is 1. The van der Waals surface area contributed by atoms with Crippen molar-refractivity contribution >= 4 is 57.2 Å². The van der Waals surface area contributed by atoms with Crippen molar-refractivity contribution < 1.29 is 9.72 Å². The predicted octanol–water partition coefficient (Wildman–Crippen LogP) is 3.49. The Morgan fingerprint density at radius 1 is 1.29 bits per heavy atom. The lowest BCUT2D eigenvalue weighted by Gasteiger charge is -2.43. The fourth-order valence-corrected chi connectivity index (χ4v) is 5.32. The van der Waals surface area contributed by atoms with Crippen molar-refractivity contribution in [3.8, 4) is 0 Å². The molecule has 1 N–H and O–H groups in total. The van der Waals surface area contributed by atoms with Crippen LogP contribution in [0.1, 0.15) is 18.0 Å². The van der Waals surface area contributed by atoms with E-state index in [0.29, 0.717) is 23.3 Å². The number of amides is 1. The quantitative estimate of drug-likeness (QED) is 0.408. The van der Waals surface area contributed by atoms with E-state index in [9.17, 15) is 19.7 Å². The summed E-state index contributed by atoms with van der Waals surface area (Å²) in [6.07, 6.45) is 1.03. The molecule has 1 amide bonds. The van der Waals surface area contributed by atoms with Crippen LogP contribution in [0.15, 0.2) is 41.2 Å². The number of nitro benzene ring substituents is 1. The van der Waals surface area contributed by atoms with Crippen LogP contribution >= 0.6 is 35.6 Å². The Bertz CT molecular complexity index is 1120. The zero-order chi connectivity index (χ0) is 22.1. The molecule has 1 saturated heterocycles. The molecule has 0 spiro atoms. The maximum Gasteiger partial charge on any atom is 0.271 e. The Morgan fingerprint density at radius 3 is 2.87 bits per heavy atom. The van der Waals surface area contributed by atoms with Crippen LogP contribution in [-0.2, 0) is 11.3 Å². The minimum absolute atomic E-state index is 0.0362. The number of benzene rings is 1. The normalized spacial score (nSPS) is 19.5. The molecule has 1 aromatic carbocycles. The van der Waals surface area contributed by atoms with E-state index < -0.39 is 4.92 Å². The van der Waals surface area contributed by atoms with Crippen molar-refractivity contribution in [2.45, 2.75) is 18.9 Å². The molecule has 2 aliphatic rings. The number of carbonyl (C=O) groups excluding carboxylic acids is 1. The molecule has 2 aromatic rings. The van der Waals surface area contributed by atoms with Crippen LogP contribution in [0.5, 0.6) is 0 Å². The van der Waals surface area contributed by atoms with Crippen molar-refractivity contribution in [1.82, 2.24) is 9.47 Å². The number of likely N-dealkylation sites (tertiary alicyclic amines) is 1. The topological polar surface area (TPSA) is 97.5 Å². The fourth-order valence-electron chi connectivity index (χ4n) is 4.17. The highest BCUT2D eigenvalue weighted by Crippen LogP contribution is 2.36. The zero-order valence-corrected chi connectivity index (χ0v) is 18.7. The monoisotopic (exact) mass is 478 g/mol. The first kappa shape index (κ1) is 21.8. The number of anilines is 1. The molecular formula is C20H19ClN4O4S2. The molecule has 2 unspecified atom stereocenters. The third kappa shape index (κ3) is 4.76. The lowest BCUT2D eigenvalue weighted by molar-refractivity contribution is -0.384. The van der Waals surface area contributed by atoms with Gasteiger partial charge in [0, 0.05) is 49.4 Å². The average Bonchev–Trinajstić information content (AvgIpc) is 2.74. The van der Waals surface area contributed by atoms with E-state index in [2.05, 4.69) is 10.2 Å². The lowest BCUT2D eigenvalue weighted by Crippen LogP contribution is -2.48. The fraction of sp³-hybridized carbons (Fsp3) is 0.350. The summed E-state index contributed by atoms with van der Waals surface area (Å²) < 4.78 is 2.49. The first-order valence-electron chi connectivity index (χ1n) is 9.67. The number of nitrogens with zero attached hydrogens (tertiary/aromatic N) is 3. The van der Waals surface area contributed by atoms with Gasteiger partial charge in [0.25, 0.3) is 11.2 Å². The summed E-state index contributed by atoms with van der Waals surface area (Å²) in [6, 6.07) is 9.27. The maximum atomic E-state index is 12.4. The minimum atomic E-state index is -0.546. The summed E-state index contributed by atoms with van der Waals surface area (Å²) in [6.45, 7) is 2.15. The van der Waals surface area contributed by atoms with Gasteiger partial charge < -0.3 is 14.8 Å². The summed E-state index contributed by atoms with van der Waals surface area (Å²) in [5.74, 6) is 0.295. The summed E-state index contributed by atoms with van der Waals surface area (Å²) in [5, 5.41) is 13.8. The molecule has 4 rings (SSSR count). The van der Waals surface area contributed by atoms with Crippen LogP contribution in [0, 0.1) is 16.0 Å². The van der Waals surface area contributed by atoms with Crippen LogP contribution in [0.25, 0.3) is 0 Å². The van der Waals surface area contributed by atoms with E-state index in [1.807, 2.05) is 10.6 Å². The van der Waals surface area contributed by atoms with Gasteiger partial charge in [0.1, 0.15) is 4.32 Å². The van der Waals surface area contributed by atoms with Gasteiger partial charge in [-0.3, -0.25) is 19.7 Å². The van der Waals surface area contributed by atoms with E-state index >= 15 is 0 Å². The van der Waals surface area contributed by atoms with Crippen LogP contribution in [0.4, 0.5) is 11.4 Å². The number of aromatic nitrogens is 1. The third-order valence-electron chi connectivity index (χ3n) is 5.50. The van der Waals surface area contributed by atoms with E-state index in [-0.39, 0.29) is 39.5 Å². The van der Waals surface area contributed by atoms with E-state index in [1.54, 1.807) is 12.1 Å². The van der Waals surface area contributed by atoms with Crippen molar-refractivity contribution in [3.05, 3.63) is 67.6 Å². The number of fused-ring (bicyclic) bond motifs is 4. The Kier molecular flexibility index (Phi) is 6.31. The SMILES string of the molecule is O=C(CSC(=S)N1CC2CC(C1)c1cccc(=O)n1C2)Nc1cc([N+](=O)[O-])ccc1Cl. The molecular weight excluding hydrogens is 460 g/mol. The van der Waals surface area contributed by atoms with Crippen LogP contribution in [0.3, 0.4) is 0 Å². The zero-order valence-electron chi connectivity index (χ0n) is 16.3. The number of hydrogen-bond acceptors (Lipinski definition) is 6. The van der Waals surface area contributed by atoms with Gasteiger partial charge in [-0.15, -0.1) is 0 Å². The van der Waals surface area contributed by atoms with Gasteiger partial charge in [-0.25, -0.2) is 0 Å². The van der Waals surface area contributed by atoms with Gasteiger partial charge >= 0.3 is 0 Å². The summed E-state index contributed by atoms with van der Waals surface area (Å²) in [7, 11) is 0. The van der Waals surface area contributed by atoms with Crippen molar-refractivity contribution in [2.24, 2.45) is 5.92 Å². The molecule has 8 nitrogen and oxygen atoms in total. The van der Waals surface area contributed by atoms with Crippen LogP contribution < -0.4 is 10.9 Å². The molecule has 1 fully saturated rings. The van der Waals surface area contributed by atoms with Crippen LogP contribution in [0.2, 0.25) is 5.02 Å². The number of pyridine rings is 1. The third-order valence-corrected chi connectivity index (χ3v) is 7.35. The molecule has 1 aromatic heterocycles. The standard InChI is InChI=1S/C20H19ClN4O4S2/c21-15-5-4-14(25(28)29)7-16(15)22-18(26)11-31-20(30)23-8-12-6-13(10-23)17-2-1-3-19(27)24(17)9-12/h1-5,7,12-13H,6,8-11H2,(H,22,26). The Balaban J connectivity index is 1.36. The molecule has 3 heterocycles. The first-order valence-corrected chi connectivity index (χ1v) is 11.4. The molecule has 2 bridgehead atoms. The molecule has 0 aliphatic carbocycles. The lowest BCUT2D eigenvalue weighted by atomic mass is 9.83. The summed E-state index contributed by atoms with van der Waals surface area (Å²) in [5.41, 5.74) is 1.12. The largest absolute Gasteiger partial charge is 0.356 e. The van der Waals surface area contributed by atoms with E-state index in [0.717, 1.165) is 18.7 Å². The van der Waals surface area contributed by atoms with Gasteiger partial charge in [0.05, 0.1) is 21.4 Å². The molecule has 2 atom stereocenters. The summed E-state index contributed by atoms with van der Waals surface area (Å²) in [4.78, 5) is 37.0. The second kappa shape index (κ2) is 8.97. The van der Waals surface area contributed by atoms with Gasteiger partial charge in [-0.2, -0.15) is 0 Å². The van der Waals surface area contributed by atoms with Gasteiger partial charge in [0.2, 0.25) is 5.91 Å². The average molecular weight is 479 g/mol. The number of halogens is 1. The van der Waals surface area contributed by atoms with Gasteiger partial charge in [-0.05, 0) is 24.5 Å². The number of non-ortho nitro benzene ring substituents is 1. The molecule has 31 heavy (non-hydrogen) atoms. The van der Waals surface area contributed by atoms with Gasteiger partial charge in [0.15, 0.2) is 0 Å². The minimum Gasteiger partial charge on any atom is -0.356 e. The van der Waals surface area contributed by atoms with Crippen molar-refractivity contribution in [3.63, 3.8) is 0 Å². The smallest absolute Gasteiger partial charge is 0.271 e.